The molecule has 19 heavy (non-hydrogen) atoms. The Bertz CT molecular complexity index is 567. The van der Waals surface area contributed by atoms with Crippen LogP contribution in [0.3, 0.4) is 0 Å². The smallest absolute Gasteiger partial charge is 0.381 e. The minimum atomic E-state index is -4.33. The molecule has 2 rings (SSSR count). The van der Waals surface area contributed by atoms with E-state index in [0.717, 1.165) is 17.7 Å². The molecule has 0 fully saturated rings. The number of benzene rings is 2. The first-order chi connectivity index (χ1) is 8.95. The van der Waals surface area contributed by atoms with Gasteiger partial charge >= 0.3 is 6.18 Å². The number of rotatable bonds is 3. The Morgan fingerprint density at radius 1 is 1.00 bits per heavy atom. The van der Waals surface area contributed by atoms with Crippen LogP contribution < -0.4 is 5.32 Å². The molecule has 100 valence electrons. The molecular weight excluding hydrogens is 275 g/mol. The predicted octanol–water partition coefficient (Wildman–Crippen LogP) is 4.97. The fraction of sp³-hybridized carbons (Fsp3) is 0.143. The monoisotopic (exact) mass is 285 g/mol. The third-order valence-corrected chi connectivity index (χ3v) is 2.81. The molecule has 2 aromatic rings. The van der Waals surface area contributed by atoms with Crippen molar-refractivity contribution in [2.75, 3.05) is 5.32 Å². The van der Waals surface area contributed by atoms with E-state index in [0.29, 0.717) is 17.3 Å². The van der Waals surface area contributed by atoms with E-state index in [4.69, 9.17) is 11.6 Å². The van der Waals surface area contributed by atoms with E-state index in [1.807, 2.05) is 6.07 Å². The zero-order chi connectivity index (χ0) is 13.9. The van der Waals surface area contributed by atoms with Gasteiger partial charge in [0.05, 0.1) is 5.56 Å². The Labute approximate surface area is 114 Å². The van der Waals surface area contributed by atoms with Gasteiger partial charge in [-0.05, 0) is 35.9 Å². The van der Waals surface area contributed by atoms with Gasteiger partial charge in [-0.2, -0.15) is 13.2 Å². The third-order valence-electron chi connectivity index (χ3n) is 2.58. The van der Waals surface area contributed by atoms with Crippen molar-refractivity contribution in [3.63, 3.8) is 0 Å². The summed E-state index contributed by atoms with van der Waals surface area (Å²) >= 11 is 5.84. The lowest BCUT2D eigenvalue weighted by Gasteiger charge is -2.10. The molecule has 0 spiro atoms. The zero-order valence-electron chi connectivity index (χ0n) is 9.84. The molecule has 5 heteroatoms. The Hall–Kier alpha value is -1.68. The molecule has 0 aliphatic rings. The summed E-state index contributed by atoms with van der Waals surface area (Å²) in [5, 5.41) is 3.54. The zero-order valence-corrected chi connectivity index (χ0v) is 10.6. The van der Waals surface area contributed by atoms with Crippen molar-refractivity contribution in [3.05, 3.63) is 64.7 Å². The summed E-state index contributed by atoms with van der Waals surface area (Å²) in [5.74, 6) is 0. The number of halogens is 4. The second-order valence-corrected chi connectivity index (χ2v) is 4.50. The van der Waals surface area contributed by atoms with Crippen molar-refractivity contribution in [3.8, 4) is 0 Å². The van der Waals surface area contributed by atoms with Crippen LogP contribution in [0.25, 0.3) is 0 Å². The van der Waals surface area contributed by atoms with Crippen LogP contribution in [0.5, 0.6) is 0 Å². The number of nitrogens with one attached hydrogen (secondary N) is 1. The Morgan fingerprint density at radius 3 is 2.42 bits per heavy atom. The van der Waals surface area contributed by atoms with E-state index in [1.54, 1.807) is 24.3 Å². The maximum atomic E-state index is 12.5. The van der Waals surface area contributed by atoms with Gasteiger partial charge in [-0.15, -0.1) is 0 Å². The van der Waals surface area contributed by atoms with Crippen molar-refractivity contribution < 1.29 is 13.2 Å². The van der Waals surface area contributed by atoms with Gasteiger partial charge in [-0.1, -0.05) is 29.8 Å². The number of alkyl halides is 3. The highest BCUT2D eigenvalue weighted by molar-refractivity contribution is 6.30. The molecule has 0 heterocycles. The van der Waals surface area contributed by atoms with Gasteiger partial charge < -0.3 is 5.32 Å². The van der Waals surface area contributed by atoms with Gasteiger partial charge in [0.1, 0.15) is 0 Å². The summed E-state index contributed by atoms with van der Waals surface area (Å²) in [6, 6.07) is 12.3. The van der Waals surface area contributed by atoms with E-state index >= 15 is 0 Å². The van der Waals surface area contributed by atoms with Crippen LogP contribution in [-0.2, 0) is 12.7 Å². The Balaban J connectivity index is 2.08. The molecule has 0 saturated carbocycles. The van der Waals surface area contributed by atoms with Crippen molar-refractivity contribution >= 4 is 17.3 Å². The topological polar surface area (TPSA) is 12.0 Å². The average Bonchev–Trinajstić information content (AvgIpc) is 2.36. The molecule has 0 bridgehead atoms. The second kappa shape index (κ2) is 5.53. The van der Waals surface area contributed by atoms with Gasteiger partial charge in [0, 0.05) is 17.3 Å². The summed E-state index contributed by atoms with van der Waals surface area (Å²) in [7, 11) is 0. The normalized spacial score (nSPS) is 11.4. The van der Waals surface area contributed by atoms with E-state index < -0.39 is 11.7 Å². The van der Waals surface area contributed by atoms with Gasteiger partial charge in [0.15, 0.2) is 0 Å². The minimum absolute atomic E-state index is 0.419. The Morgan fingerprint density at radius 2 is 1.74 bits per heavy atom. The van der Waals surface area contributed by atoms with Crippen LogP contribution in [-0.4, -0.2) is 0 Å². The van der Waals surface area contributed by atoms with E-state index in [-0.39, 0.29) is 0 Å². The summed E-state index contributed by atoms with van der Waals surface area (Å²) in [4.78, 5) is 0. The van der Waals surface area contributed by atoms with Crippen LogP contribution in [0.2, 0.25) is 5.02 Å². The van der Waals surface area contributed by atoms with Crippen molar-refractivity contribution in [1.82, 2.24) is 0 Å². The van der Waals surface area contributed by atoms with Crippen LogP contribution in [0.4, 0.5) is 18.9 Å². The number of hydrogen-bond donors (Lipinski definition) is 1. The molecule has 0 atom stereocenters. The Kier molecular flexibility index (Phi) is 4.00. The molecule has 0 aromatic heterocycles. The minimum Gasteiger partial charge on any atom is -0.381 e. The lowest BCUT2D eigenvalue weighted by Crippen LogP contribution is -2.06. The summed E-state index contributed by atoms with van der Waals surface area (Å²) in [6.07, 6.45) is -4.33. The van der Waals surface area contributed by atoms with E-state index in [1.165, 1.54) is 6.07 Å². The summed E-state index contributed by atoms with van der Waals surface area (Å²) in [5.41, 5.74) is 0.670. The van der Waals surface area contributed by atoms with E-state index in [9.17, 15) is 13.2 Å². The largest absolute Gasteiger partial charge is 0.416 e. The van der Waals surface area contributed by atoms with Crippen LogP contribution >= 0.6 is 11.6 Å². The number of hydrogen-bond acceptors (Lipinski definition) is 1. The molecule has 2 aromatic carbocycles. The van der Waals surface area contributed by atoms with Crippen LogP contribution in [0, 0.1) is 0 Å². The molecule has 0 unspecified atom stereocenters. The van der Waals surface area contributed by atoms with Crippen molar-refractivity contribution in [1.29, 1.82) is 0 Å². The highest BCUT2D eigenvalue weighted by atomic mass is 35.5. The molecule has 0 amide bonds. The van der Waals surface area contributed by atoms with Crippen LogP contribution in [0.15, 0.2) is 48.5 Å². The fourth-order valence-electron chi connectivity index (χ4n) is 1.66. The SMILES string of the molecule is FC(F)(F)c1cccc(NCc2cccc(Cl)c2)c1. The van der Waals surface area contributed by atoms with Crippen molar-refractivity contribution in [2.45, 2.75) is 12.7 Å². The maximum Gasteiger partial charge on any atom is 0.416 e. The van der Waals surface area contributed by atoms with Gasteiger partial charge in [-0.25, -0.2) is 0 Å². The predicted molar refractivity (Wildman–Crippen MR) is 70.2 cm³/mol. The quantitative estimate of drug-likeness (QED) is 0.839. The van der Waals surface area contributed by atoms with Crippen molar-refractivity contribution in [2.24, 2.45) is 0 Å². The lowest BCUT2D eigenvalue weighted by atomic mass is 10.2. The van der Waals surface area contributed by atoms with E-state index in [2.05, 4.69) is 5.32 Å². The molecule has 0 aliphatic heterocycles. The van der Waals surface area contributed by atoms with Gasteiger partial charge in [0.25, 0.3) is 0 Å². The van der Waals surface area contributed by atoms with Gasteiger partial charge in [-0.3, -0.25) is 0 Å². The summed E-state index contributed by atoms with van der Waals surface area (Å²) < 4.78 is 37.6. The standard InChI is InChI=1S/C14H11ClF3N/c15-12-5-1-3-10(7-12)9-19-13-6-2-4-11(8-13)14(16,17)18/h1-8,19H,9H2. The molecular formula is C14H11ClF3N. The molecule has 0 radical (unpaired) electrons. The molecule has 1 nitrogen and oxygen atoms in total. The first kappa shape index (κ1) is 13.7. The first-order valence-corrected chi connectivity index (χ1v) is 5.98. The molecule has 0 saturated heterocycles. The molecule has 0 aliphatic carbocycles. The molecule has 1 N–H and O–H groups in total. The highest BCUT2D eigenvalue weighted by Crippen LogP contribution is 2.30. The van der Waals surface area contributed by atoms with Gasteiger partial charge in [0.2, 0.25) is 0 Å². The fourth-order valence-corrected chi connectivity index (χ4v) is 1.87. The second-order valence-electron chi connectivity index (χ2n) is 4.06. The highest BCUT2D eigenvalue weighted by Gasteiger charge is 2.30. The lowest BCUT2D eigenvalue weighted by molar-refractivity contribution is -0.137. The number of anilines is 1. The first-order valence-electron chi connectivity index (χ1n) is 5.61. The summed E-state index contributed by atoms with van der Waals surface area (Å²) in [6.45, 7) is 0.419. The maximum absolute atomic E-state index is 12.5. The van der Waals surface area contributed by atoms with Crippen LogP contribution in [0.1, 0.15) is 11.1 Å². The average molecular weight is 286 g/mol. The third kappa shape index (κ3) is 3.89.